The van der Waals surface area contributed by atoms with E-state index >= 15 is 0 Å². The minimum Gasteiger partial charge on any atom is -0.471 e. The van der Waals surface area contributed by atoms with Gasteiger partial charge in [0.1, 0.15) is 6.79 Å². The molecule has 5 nitrogen and oxygen atoms in total. The molecule has 0 amide bonds. The van der Waals surface area contributed by atoms with E-state index in [1.165, 1.54) is 14.2 Å². The number of rotatable bonds is 2. The third-order valence-electron chi connectivity index (χ3n) is 0.192. The summed E-state index contributed by atoms with van der Waals surface area (Å²) in [5, 5.41) is 0. The van der Waals surface area contributed by atoms with Crippen LogP contribution in [0.2, 0.25) is 0 Å². The van der Waals surface area contributed by atoms with Crippen LogP contribution in [0.1, 0.15) is 0 Å². The van der Waals surface area contributed by atoms with Crippen LogP contribution in [0.3, 0.4) is 0 Å². The van der Waals surface area contributed by atoms with E-state index in [1.54, 1.807) is 0 Å². The summed E-state index contributed by atoms with van der Waals surface area (Å²) in [6.45, 7) is 2.75. The number of hydrogen-bond donors (Lipinski definition) is 0. The Labute approximate surface area is 58.9 Å². The van der Waals surface area contributed by atoms with Crippen molar-refractivity contribution in [2.45, 2.75) is 0 Å². The normalized spacial score (nSPS) is 4.60. The minimum atomic E-state index is 0.375. The molecule has 0 saturated heterocycles. The molecule has 0 aromatic rings. The van der Waals surface area contributed by atoms with Gasteiger partial charge in [0, 0.05) is 0 Å². The number of hydrogen-bond acceptors (Lipinski definition) is 5. The lowest BCUT2D eigenvalue weighted by molar-refractivity contribution is -0.126. The summed E-state index contributed by atoms with van der Waals surface area (Å²) in [5.74, 6) is 0. The molecule has 60 valence electrons. The van der Waals surface area contributed by atoms with Crippen molar-refractivity contribution >= 4 is 19.7 Å². The highest BCUT2D eigenvalue weighted by atomic mass is 16.5. The van der Waals surface area contributed by atoms with Crippen LogP contribution in [-0.2, 0) is 23.9 Å². The SMILES string of the molecule is C=O.COC=O.COC=O. The predicted molar refractivity (Wildman–Crippen MR) is 33.3 cm³/mol. The fourth-order valence-electron chi connectivity index (χ4n) is 0. The molecule has 0 rings (SSSR count). The Hall–Kier alpha value is -1.39. The average Bonchev–Trinajstić information content (AvgIpc) is 2.08. The van der Waals surface area contributed by atoms with Gasteiger partial charge in [0.15, 0.2) is 0 Å². The van der Waals surface area contributed by atoms with Crippen LogP contribution in [0.15, 0.2) is 0 Å². The molecule has 0 aliphatic rings. The Morgan fingerprint density at radius 3 is 1.10 bits per heavy atom. The molecule has 0 unspecified atom stereocenters. The zero-order chi connectivity index (χ0) is 8.83. The maximum atomic E-state index is 8.95. The highest BCUT2D eigenvalue weighted by Crippen LogP contribution is 1.35. The molecule has 0 heterocycles. The van der Waals surface area contributed by atoms with Gasteiger partial charge in [-0.3, -0.25) is 9.59 Å². The molecule has 0 aliphatic heterocycles. The van der Waals surface area contributed by atoms with E-state index in [0.717, 1.165) is 0 Å². The van der Waals surface area contributed by atoms with Crippen molar-refractivity contribution in [1.82, 2.24) is 0 Å². The van der Waals surface area contributed by atoms with Gasteiger partial charge in [0.2, 0.25) is 0 Å². The molecule has 0 saturated carbocycles. The maximum absolute atomic E-state index is 8.95. The first-order valence-electron chi connectivity index (χ1n) is 2.05. The molecule has 0 N–H and O–H groups in total. The lowest BCUT2D eigenvalue weighted by Crippen LogP contribution is -1.68. The van der Waals surface area contributed by atoms with Crippen molar-refractivity contribution in [3.8, 4) is 0 Å². The summed E-state index contributed by atoms with van der Waals surface area (Å²) in [4.78, 5) is 25.9. The van der Waals surface area contributed by atoms with Crippen LogP contribution in [0, 0.1) is 0 Å². The van der Waals surface area contributed by atoms with Crippen LogP contribution < -0.4 is 0 Å². The van der Waals surface area contributed by atoms with Crippen molar-refractivity contribution in [2.75, 3.05) is 14.2 Å². The summed E-state index contributed by atoms with van der Waals surface area (Å²) in [6.07, 6.45) is 0. The largest absolute Gasteiger partial charge is 0.471 e. The Bertz CT molecular complexity index is 55.1. The molecule has 0 bridgehead atoms. The van der Waals surface area contributed by atoms with Crippen LogP contribution in [-0.4, -0.2) is 34.0 Å². The molecule has 0 aromatic carbocycles. The molecule has 0 spiro atoms. The van der Waals surface area contributed by atoms with Crippen molar-refractivity contribution in [1.29, 1.82) is 0 Å². The van der Waals surface area contributed by atoms with Gasteiger partial charge < -0.3 is 14.3 Å². The van der Waals surface area contributed by atoms with Crippen LogP contribution >= 0.6 is 0 Å². The zero-order valence-corrected chi connectivity index (χ0v) is 5.90. The lowest BCUT2D eigenvalue weighted by Gasteiger charge is -1.67. The molecule has 0 fully saturated rings. The van der Waals surface area contributed by atoms with E-state index in [0.29, 0.717) is 12.9 Å². The monoisotopic (exact) mass is 150 g/mol. The van der Waals surface area contributed by atoms with Crippen LogP contribution in [0.25, 0.3) is 0 Å². The Kier molecular flexibility index (Phi) is 77.3. The van der Waals surface area contributed by atoms with Gasteiger partial charge in [-0.15, -0.1) is 0 Å². The van der Waals surface area contributed by atoms with Gasteiger partial charge in [-0.05, 0) is 0 Å². The van der Waals surface area contributed by atoms with Gasteiger partial charge in [0.25, 0.3) is 12.9 Å². The molecule has 0 radical (unpaired) electrons. The van der Waals surface area contributed by atoms with Gasteiger partial charge >= 0.3 is 0 Å². The second-order valence-corrected chi connectivity index (χ2v) is 0.664. The van der Waals surface area contributed by atoms with Gasteiger partial charge in [-0.1, -0.05) is 0 Å². The fraction of sp³-hybridized carbons (Fsp3) is 0.400. The Morgan fingerprint density at radius 1 is 1.00 bits per heavy atom. The van der Waals surface area contributed by atoms with Crippen molar-refractivity contribution in [3.63, 3.8) is 0 Å². The number of methoxy groups -OCH3 is 2. The summed E-state index contributed by atoms with van der Waals surface area (Å²) in [5.41, 5.74) is 0. The minimum absolute atomic E-state index is 0.375. The molecule has 5 heteroatoms. The summed E-state index contributed by atoms with van der Waals surface area (Å²) < 4.78 is 7.72. The van der Waals surface area contributed by atoms with E-state index in [-0.39, 0.29) is 0 Å². The van der Waals surface area contributed by atoms with Crippen molar-refractivity contribution in [2.24, 2.45) is 0 Å². The van der Waals surface area contributed by atoms with E-state index in [4.69, 9.17) is 14.4 Å². The highest BCUT2D eigenvalue weighted by Gasteiger charge is 1.44. The zero-order valence-electron chi connectivity index (χ0n) is 5.90. The molecule has 10 heavy (non-hydrogen) atoms. The van der Waals surface area contributed by atoms with Crippen molar-refractivity contribution < 1.29 is 23.9 Å². The van der Waals surface area contributed by atoms with Crippen LogP contribution in [0.4, 0.5) is 0 Å². The second-order valence-electron chi connectivity index (χ2n) is 0.664. The van der Waals surface area contributed by atoms with Crippen LogP contribution in [0.5, 0.6) is 0 Å². The Balaban J connectivity index is -0.0000000787. The number of carbonyl (C=O) groups excluding carboxylic acids is 3. The van der Waals surface area contributed by atoms with E-state index in [2.05, 4.69) is 9.47 Å². The first-order chi connectivity index (χ1) is 4.83. The fourth-order valence-corrected chi connectivity index (χ4v) is 0. The molecular weight excluding hydrogens is 140 g/mol. The number of carbonyl (C=O) groups is 3. The molecule has 0 aliphatic carbocycles. The van der Waals surface area contributed by atoms with Gasteiger partial charge in [-0.2, -0.15) is 0 Å². The Morgan fingerprint density at radius 2 is 1.10 bits per heavy atom. The summed E-state index contributed by atoms with van der Waals surface area (Å²) in [7, 11) is 2.62. The predicted octanol–water partition coefficient (Wildman–Crippen LogP) is -0.607. The second kappa shape index (κ2) is 48.8. The quantitative estimate of drug-likeness (QED) is 0.491. The number of ether oxygens (including phenoxy) is 2. The third-order valence-corrected chi connectivity index (χ3v) is 0.192. The molecule has 0 aromatic heterocycles. The highest BCUT2D eigenvalue weighted by molar-refractivity contribution is 5.36. The van der Waals surface area contributed by atoms with E-state index < -0.39 is 0 Å². The molecular formula is C5H10O5. The first kappa shape index (κ1) is 15.8. The average molecular weight is 150 g/mol. The first-order valence-corrected chi connectivity index (χ1v) is 2.05. The third kappa shape index (κ3) is 559. The van der Waals surface area contributed by atoms with Crippen molar-refractivity contribution in [3.05, 3.63) is 0 Å². The van der Waals surface area contributed by atoms with Gasteiger partial charge in [0.05, 0.1) is 14.2 Å². The summed E-state index contributed by atoms with van der Waals surface area (Å²) >= 11 is 0. The smallest absolute Gasteiger partial charge is 0.292 e. The molecule has 0 atom stereocenters. The van der Waals surface area contributed by atoms with E-state index in [1.807, 2.05) is 6.79 Å². The topological polar surface area (TPSA) is 69.7 Å². The summed E-state index contributed by atoms with van der Waals surface area (Å²) in [6, 6.07) is 0. The standard InChI is InChI=1S/2C2H4O2.CH2O/c2*1-4-2-3;1-2/h2*2H,1H3;1H2. The van der Waals surface area contributed by atoms with Gasteiger partial charge in [-0.25, -0.2) is 0 Å². The maximum Gasteiger partial charge on any atom is 0.292 e. The van der Waals surface area contributed by atoms with E-state index in [9.17, 15) is 0 Å². The lowest BCUT2D eigenvalue weighted by atomic mass is 11.5.